The number of allylic oxidation sites excluding steroid dienone is 4. The Bertz CT molecular complexity index is 525. The highest BCUT2D eigenvalue weighted by Gasteiger charge is 2.23. The minimum absolute atomic E-state index is 0.542. The van der Waals surface area contributed by atoms with Crippen LogP contribution in [0.2, 0.25) is 0 Å². The van der Waals surface area contributed by atoms with Gasteiger partial charge in [-0.1, -0.05) is 17.7 Å². The van der Waals surface area contributed by atoms with Crippen LogP contribution in [-0.2, 0) is 24.2 Å². The Kier molecular flexibility index (Phi) is 9.38. The summed E-state index contributed by atoms with van der Waals surface area (Å²) in [5, 5.41) is 9.50. The first-order valence-corrected chi connectivity index (χ1v) is 7.48. The zero-order chi connectivity index (χ0) is 17.1. The van der Waals surface area contributed by atoms with Gasteiger partial charge in [0, 0.05) is 19.7 Å². The van der Waals surface area contributed by atoms with Crippen molar-refractivity contribution in [3.8, 4) is 0 Å². The Morgan fingerprint density at radius 3 is 2.23 bits per heavy atom. The summed E-state index contributed by atoms with van der Waals surface area (Å²) in [7, 11) is -1.79. The smallest absolute Gasteiger partial charge is 0.391 e. The maximum Gasteiger partial charge on any atom is 0.397 e. The quantitative estimate of drug-likeness (QED) is 0.510. The average Bonchev–Trinajstić information content (AvgIpc) is 2.49. The Hall–Kier alpha value is -1.65. The molecule has 8 nitrogen and oxygen atoms in total. The fourth-order valence-electron chi connectivity index (χ4n) is 1.28. The summed E-state index contributed by atoms with van der Waals surface area (Å²) in [6, 6.07) is 0. The number of rotatable bonds is 2. The normalized spacial score (nSPS) is 22.1. The number of ether oxygens (including phenoxy) is 1. The molecule has 2 rings (SSSR count). The molecule has 1 heterocycles. The molecule has 0 aromatic rings. The zero-order valence-electron chi connectivity index (χ0n) is 12.6. The van der Waals surface area contributed by atoms with Gasteiger partial charge in [-0.2, -0.15) is 8.42 Å². The van der Waals surface area contributed by atoms with Gasteiger partial charge >= 0.3 is 10.4 Å². The molecular formula is C13H21NO7S. The molecule has 0 bridgehead atoms. The van der Waals surface area contributed by atoms with Crippen molar-refractivity contribution in [2.45, 2.75) is 19.1 Å². The van der Waals surface area contributed by atoms with Crippen LogP contribution < -0.4 is 5.48 Å². The molecule has 2 aliphatic rings. The molecule has 1 aliphatic carbocycles. The number of hydrogen-bond donors (Lipinski definition) is 3. The highest BCUT2D eigenvalue weighted by molar-refractivity contribution is 7.80. The van der Waals surface area contributed by atoms with Crippen LogP contribution in [-0.4, -0.2) is 38.1 Å². The van der Waals surface area contributed by atoms with Gasteiger partial charge in [0.25, 0.3) is 0 Å². The second-order valence-electron chi connectivity index (χ2n) is 4.06. The second-order valence-corrected chi connectivity index (χ2v) is 5.25. The Labute approximate surface area is 130 Å². The molecule has 1 unspecified atom stereocenters. The van der Waals surface area contributed by atoms with E-state index in [1.165, 1.54) is 7.11 Å². The molecule has 0 radical (unpaired) electrons. The van der Waals surface area contributed by atoms with Gasteiger partial charge in [-0.3, -0.25) is 8.74 Å². The highest BCUT2D eigenvalue weighted by Crippen LogP contribution is 2.21. The summed E-state index contributed by atoms with van der Waals surface area (Å²) >= 11 is 0. The van der Waals surface area contributed by atoms with Crippen LogP contribution in [0.5, 0.6) is 0 Å². The van der Waals surface area contributed by atoms with E-state index in [1.807, 2.05) is 25.2 Å². The largest absolute Gasteiger partial charge is 0.397 e. The maximum absolute atomic E-state index is 9.50. The second kappa shape index (κ2) is 10.1. The molecule has 22 heavy (non-hydrogen) atoms. The van der Waals surface area contributed by atoms with Gasteiger partial charge in [0.2, 0.25) is 0 Å². The van der Waals surface area contributed by atoms with E-state index in [9.17, 15) is 13.5 Å². The molecule has 3 N–H and O–H groups in total. The van der Waals surface area contributed by atoms with Gasteiger partial charge in [-0.15, -0.1) is 0 Å². The molecule has 0 amide bonds. The molecule has 1 atom stereocenters. The van der Waals surface area contributed by atoms with E-state index < -0.39 is 16.2 Å². The molecule has 9 heteroatoms. The summed E-state index contributed by atoms with van der Waals surface area (Å²) in [6.45, 7) is 1.93. The lowest BCUT2D eigenvalue weighted by Crippen LogP contribution is -2.29. The Balaban J connectivity index is 0.000000319. The van der Waals surface area contributed by atoms with Gasteiger partial charge < -0.3 is 14.7 Å². The number of nitrogens with one attached hydrogen (secondary N) is 1. The summed E-state index contributed by atoms with van der Waals surface area (Å²) in [4.78, 5) is 4.55. The molecular weight excluding hydrogens is 314 g/mol. The number of hydroxylamine groups is 1. The van der Waals surface area contributed by atoms with E-state index in [1.54, 1.807) is 24.6 Å². The Morgan fingerprint density at radius 2 is 2.00 bits per heavy atom. The average molecular weight is 335 g/mol. The topological polar surface area (TPSA) is 114 Å². The summed E-state index contributed by atoms with van der Waals surface area (Å²) in [5.74, 6) is -1.06. The first-order chi connectivity index (χ1) is 10.2. The lowest BCUT2D eigenvalue weighted by Gasteiger charge is -2.24. The highest BCUT2D eigenvalue weighted by atomic mass is 32.3. The zero-order valence-corrected chi connectivity index (χ0v) is 13.4. The van der Waals surface area contributed by atoms with Crippen molar-refractivity contribution < 1.29 is 31.8 Å². The van der Waals surface area contributed by atoms with Crippen molar-refractivity contribution in [1.82, 2.24) is 5.48 Å². The van der Waals surface area contributed by atoms with Crippen molar-refractivity contribution in [3.63, 3.8) is 0 Å². The minimum Gasteiger partial charge on any atom is -0.391 e. The van der Waals surface area contributed by atoms with E-state index in [0.717, 1.165) is 12.7 Å². The van der Waals surface area contributed by atoms with E-state index in [2.05, 4.69) is 14.5 Å². The minimum atomic E-state index is -4.16. The van der Waals surface area contributed by atoms with Crippen LogP contribution >= 0.6 is 0 Å². The van der Waals surface area contributed by atoms with E-state index in [4.69, 9.17) is 9.29 Å². The molecule has 0 aromatic heterocycles. The van der Waals surface area contributed by atoms with Gasteiger partial charge in [-0.05, 0) is 25.2 Å². The van der Waals surface area contributed by atoms with Crippen molar-refractivity contribution in [3.05, 3.63) is 48.4 Å². The van der Waals surface area contributed by atoms with E-state index in [0.29, 0.717) is 6.42 Å². The van der Waals surface area contributed by atoms with Gasteiger partial charge in [0.15, 0.2) is 5.79 Å². The monoisotopic (exact) mass is 335 g/mol. The van der Waals surface area contributed by atoms with Crippen LogP contribution in [0.3, 0.4) is 0 Å². The van der Waals surface area contributed by atoms with E-state index in [-0.39, 0.29) is 0 Å². The number of methoxy groups -OCH3 is 1. The molecule has 0 saturated heterocycles. The van der Waals surface area contributed by atoms with Gasteiger partial charge in [-0.25, -0.2) is 5.48 Å². The van der Waals surface area contributed by atoms with Crippen LogP contribution in [0.1, 0.15) is 13.3 Å². The van der Waals surface area contributed by atoms with Crippen LogP contribution in [0, 0.1) is 0 Å². The molecule has 0 fully saturated rings. The molecule has 1 aliphatic heterocycles. The lowest BCUT2D eigenvalue weighted by atomic mass is 10.0. The lowest BCUT2D eigenvalue weighted by molar-refractivity contribution is -0.143. The first kappa shape index (κ1) is 20.3. The van der Waals surface area contributed by atoms with Crippen molar-refractivity contribution in [1.29, 1.82) is 0 Å². The van der Waals surface area contributed by atoms with Crippen LogP contribution in [0.15, 0.2) is 48.4 Å². The van der Waals surface area contributed by atoms with Crippen molar-refractivity contribution in [2.24, 2.45) is 0 Å². The SMILES string of the molecule is C1=CNOC=C1.COC1(O)C=C(C)C=CC1.COS(=O)(=O)O. The summed E-state index contributed by atoms with van der Waals surface area (Å²) < 4.78 is 34.6. The maximum atomic E-state index is 9.50. The first-order valence-electron chi connectivity index (χ1n) is 6.12. The summed E-state index contributed by atoms with van der Waals surface area (Å²) in [6.07, 6.45) is 13.1. The molecule has 0 saturated carbocycles. The van der Waals surface area contributed by atoms with Gasteiger partial charge in [0.05, 0.1) is 7.11 Å². The predicted octanol–water partition coefficient (Wildman–Crippen LogP) is 1.21. The fraction of sp³-hybridized carbons (Fsp3) is 0.385. The predicted molar refractivity (Wildman–Crippen MR) is 80.5 cm³/mol. The third-order valence-electron chi connectivity index (χ3n) is 2.30. The number of hydrogen-bond acceptors (Lipinski definition) is 7. The Morgan fingerprint density at radius 1 is 1.36 bits per heavy atom. The van der Waals surface area contributed by atoms with Crippen molar-refractivity contribution in [2.75, 3.05) is 14.2 Å². The van der Waals surface area contributed by atoms with Crippen LogP contribution in [0.25, 0.3) is 0 Å². The third-order valence-corrected chi connectivity index (χ3v) is 2.72. The molecule has 126 valence electrons. The molecule has 0 aromatic carbocycles. The summed E-state index contributed by atoms with van der Waals surface area (Å²) in [5.41, 5.74) is 3.55. The van der Waals surface area contributed by atoms with Gasteiger partial charge in [0.1, 0.15) is 6.26 Å². The molecule has 0 spiro atoms. The number of aliphatic hydroxyl groups is 1. The van der Waals surface area contributed by atoms with Crippen LogP contribution in [0.4, 0.5) is 0 Å². The third kappa shape index (κ3) is 11.1. The standard InChI is InChI=1S/C8H12O2.C4H5NO.CH4O4S/c1-7-4-3-5-8(9,6-7)10-2;1-2-4-6-5-3-1;1-5-6(2,3)4/h3-4,6,9H,5H2,1-2H3;1-5H;1H3,(H,2,3,4). The van der Waals surface area contributed by atoms with E-state index >= 15 is 0 Å². The fourth-order valence-corrected chi connectivity index (χ4v) is 1.28. The van der Waals surface area contributed by atoms with Crippen molar-refractivity contribution >= 4 is 10.4 Å².